The number of alkyl halides is 3. The van der Waals surface area contributed by atoms with Gasteiger partial charge in [0.15, 0.2) is 5.69 Å². The van der Waals surface area contributed by atoms with Crippen LogP contribution in [0.15, 0.2) is 79.4 Å². The SMILES string of the molecule is O=C(Nc1cnc(C(F)(F)F)nc1)c1n[nH]c2ccc(-c3cncc(Oc4ccccc4)c3)cc12. The van der Waals surface area contributed by atoms with Gasteiger partial charge in [0.25, 0.3) is 5.91 Å². The maximum Gasteiger partial charge on any atom is 0.451 e. The van der Waals surface area contributed by atoms with Crippen LogP contribution in [-0.2, 0) is 6.18 Å². The first-order chi connectivity index (χ1) is 16.9. The number of fused-ring (bicyclic) bond motifs is 1. The van der Waals surface area contributed by atoms with Crippen molar-refractivity contribution in [1.82, 2.24) is 25.1 Å². The van der Waals surface area contributed by atoms with Gasteiger partial charge in [-0.3, -0.25) is 14.9 Å². The molecular formula is C24H15F3N6O2. The predicted molar refractivity (Wildman–Crippen MR) is 121 cm³/mol. The minimum absolute atomic E-state index is 0.00488. The third-order valence-corrected chi connectivity index (χ3v) is 4.97. The van der Waals surface area contributed by atoms with E-state index in [-0.39, 0.29) is 11.4 Å². The third kappa shape index (κ3) is 4.78. The number of carbonyl (C=O) groups excluding carboxylic acids is 1. The molecule has 8 nitrogen and oxygen atoms in total. The number of halogens is 3. The minimum atomic E-state index is -4.67. The molecule has 0 aliphatic carbocycles. The lowest BCUT2D eigenvalue weighted by Gasteiger charge is -2.08. The van der Waals surface area contributed by atoms with Crippen molar-refractivity contribution in [2.75, 3.05) is 5.32 Å². The quantitative estimate of drug-likeness (QED) is 0.348. The van der Waals surface area contributed by atoms with E-state index in [1.165, 1.54) is 0 Å². The van der Waals surface area contributed by atoms with Crippen molar-refractivity contribution < 1.29 is 22.7 Å². The Morgan fingerprint density at radius 2 is 1.66 bits per heavy atom. The normalized spacial score (nSPS) is 11.4. The van der Waals surface area contributed by atoms with Crippen LogP contribution < -0.4 is 10.1 Å². The van der Waals surface area contributed by atoms with Gasteiger partial charge in [0.1, 0.15) is 11.5 Å². The van der Waals surface area contributed by atoms with Crippen LogP contribution in [0.2, 0.25) is 0 Å². The second-order valence-corrected chi connectivity index (χ2v) is 7.40. The Labute approximate surface area is 195 Å². The van der Waals surface area contributed by atoms with Gasteiger partial charge in [0, 0.05) is 17.1 Å². The summed E-state index contributed by atoms with van der Waals surface area (Å²) in [5, 5.41) is 9.81. The van der Waals surface area contributed by atoms with Crippen LogP contribution in [0, 0.1) is 0 Å². The number of hydrogen-bond acceptors (Lipinski definition) is 6. The fourth-order valence-electron chi connectivity index (χ4n) is 3.35. The van der Waals surface area contributed by atoms with E-state index in [1.54, 1.807) is 24.5 Å². The van der Waals surface area contributed by atoms with Crippen molar-refractivity contribution in [2.45, 2.75) is 6.18 Å². The molecule has 3 aromatic heterocycles. The molecule has 2 N–H and O–H groups in total. The number of amides is 1. The Balaban J connectivity index is 1.40. The van der Waals surface area contributed by atoms with Gasteiger partial charge in [0.05, 0.1) is 29.8 Å². The highest BCUT2D eigenvalue weighted by Crippen LogP contribution is 2.29. The van der Waals surface area contributed by atoms with Crippen LogP contribution in [0.3, 0.4) is 0 Å². The van der Waals surface area contributed by atoms with E-state index in [4.69, 9.17) is 4.74 Å². The van der Waals surface area contributed by atoms with Gasteiger partial charge < -0.3 is 10.1 Å². The standard InChI is InChI=1S/C24H15F3N6O2/c25-24(26,27)23-29-11-16(12-30-23)31-22(34)21-19-9-14(6-7-20(19)32-33-21)15-8-18(13-28-10-15)35-17-4-2-1-3-5-17/h1-13H,(H,31,34)(H,32,33). The van der Waals surface area contributed by atoms with Gasteiger partial charge in [-0.15, -0.1) is 0 Å². The maximum atomic E-state index is 12.8. The zero-order chi connectivity index (χ0) is 24.4. The Morgan fingerprint density at radius 1 is 0.886 bits per heavy atom. The van der Waals surface area contributed by atoms with Crippen LogP contribution >= 0.6 is 0 Å². The van der Waals surface area contributed by atoms with Gasteiger partial charge in [-0.1, -0.05) is 24.3 Å². The molecular weight excluding hydrogens is 461 g/mol. The first-order valence-corrected chi connectivity index (χ1v) is 10.2. The van der Waals surface area contributed by atoms with Crippen LogP contribution in [0.1, 0.15) is 16.3 Å². The number of nitrogens with zero attached hydrogens (tertiary/aromatic N) is 4. The number of anilines is 1. The Hall–Kier alpha value is -4.80. The summed E-state index contributed by atoms with van der Waals surface area (Å²) in [5.74, 6) is -0.710. The predicted octanol–water partition coefficient (Wildman–Crippen LogP) is 5.48. The number of nitrogens with one attached hydrogen (secondary N) is 2. The number of carbonyl (C=O) groups is 1. The van der Waals surface area contributed by atoms with E-state index < -0.39 is 17.9 Å². The summed E-state index contributed by atoms with van der Waals surface area (Å²) in [7, 11) is 0. The van der Waals surface area contributed by atoms with Crippen LogP contribution in [0.25, 0.3) is 22.0 Å². The van der Waals surface area contributed by atoms with Crippen molar-refractivity contribution in [3.8, 4) is 22.6 Å². The highest BCUT2D eigenvalue weighted by atomic mass is 19.4. The summed E-state index contributed by atoms with van der Waals surface area (Å²) in [6.45, 7) is 0. The molecule has 0 bridgehead atoms. The van der Waals surface area contributed by atoms with Crippen molar-refractivity contribution >= 4 is 22.5 Å². The van der Waals surface area contributed by atoms with E-state index in [9.17, 15) is 18.0 Å². The minimum Gasteiger partial charge on any atom is -0.456 e. The van der Waals surface area contributed by atoms with Crippen LogP contribution in [0.5, 0.6) is 11.5 Å². The first kappa shape index (κ1) is 22.0. The average Bonchev–Trinajstić information content (AvgIpc) is 3.28. The van der Waals surface area contributed by atoms with Crippen LogP contribution in [0.4, 0.5) is 18.9 Å². The van der Waals surface area contributed by atoms with Crippen molar-refractivity contribution in [3.63, 3.8) is 0 Å². The van der Waals surface area contributed by atoms with E-state index in [2.05, 4.69) is 30.5 Å². The number of aromatic amines is 1. The summed E-state index contributed by atoms with van der Waals surface area (Å²) >= 11 is 0. The summed E-state index contributed by atoms with van der Waals surface area (Å²) < 4.78 is 43.8. The largest absolute Gasteiger partial charge is 0.456 e. The highest BCUT2D eigenvalue weighted by molar-refractivity contribution is 6.11. The summed E-state index contributed by atoms with van der Waals surface area (Å²) in [4.78, 5) is 23.5. The van der Waals surface area contributed by atoms with Gasteiger partial charge in [-0.05, 0) is 35.9 Å². The zero-order valence-electron chi connectivity index (χ0n) is 17.7. The second-order valence-electron chi connectivity index (χ2n) is 7.40. The lowest BCUT2D eigenvalue weighted by molar-refractivity contribution is -0.144. The molecule has 35 heavy (non-hydrogen) atoms. The molecule has 0 spiro atoms. The summed E-state index contributed by atoms with van der Waals surface area (Å²) in [6.07, 6.45) is 0.363. The molecule has 0 atom stereocenters. The molecule has 11 heteroatoms. The van der Waals surface area contributed by atoms with Crippen molar-refractivity contribution in [2.24, 2.45) is 0 Å². The monoisotopic (exact) mass is 476 g/mol. The lowest BCUT2D eigenvalue weighted by Crippen LogP contribution is -2.15. The maximum absolute atomic E-state index is 12.8. The molecule has 2 aromatic carbocycles. The number of aromatic nitrogens is 5. The number of pyridine rings is 1. The topological polar surface area (TPSA) is 106 Å². The molecule has 5 aromatic rings. The molecule has 0 aliphatic heterocycles. The number of benzene rings is 2. The molecule has 0 aliphatic rings. The van der Waals surface area contributed by atoms with Crippen molar-refractivity contribution in [3.05, 3.63) is 90.9 Å². The van der Waals surface area contributed by atoms with Crippen molar-refractivity contribution in [1.29, 1.82) is 0 Å². The molecule has 0 unspecified atom stereocenters. The number of H-pyrrole nitrogens is 1. The molecule has 0 saturated carbocycles. The zero-order valence-corrected chi connectivity index (χ0v) is 17.7. The Morgan fingerprint density at radius 3 is 2.40 bits per heavy atom. The number of rotatable bonds is 5. The fraction of sp³-hybridized carbons (Fsp3) is 0.0417. The number of para-hydroxylation sites is 1. The second kappa shape index (κ2) is 8.86. The molecule has 1 amide bonds. The average molecular weight is 476 g/mol. The molecule has 3 heterocycles. The summed E-state index contributed by atoms with van der Waals surface area (Å²) in [6, 6.07) is 16.5. The van der Waals surface area contributed by atoms with Gasteiger partial charge in [0.2, 0.25) is 5.82 Å². The van der Waals surface area contributed by atoms with Gasteiger partial charge in [-0.25, -0.2) is 9.97 Å². The van der Waals surface area contributed by atoms with Gasteiger partial charge >= 0.3 is 6.18 Å². The van der Waals surface area contributed by atoms with Gasteiger partial charge in [-0.2, -0.15) is 18.3 Å². The summed E-state index contributed by atoms with van der Waals surface area (Å²) in [5.41, 5.74) is 2.18. The van der Waals surface area contributed by atoms with E-state index >= 15 is 0 Å². The van der Waals surface area contributed by atoms with E-state index in [1.807, 2.05) is 42.5 Å². The molecule has 0 radical (unpaired) electrons. The first-order valence-electron chi connectivity index (χ1n) is 10.2. The van der Waals surface area contributed by atoms with E-state index in [0.29, 0.717) is 22.4 Å². The van der Waals surface area contributed by atoms with Crippen LogP contribution in [-0.4, -0.2) is 31.1 Å². The Bertz CT molecular complexity index is 1500. The molecule has 0 fully saturated rings. The van der Waals surface area contributed by atoms with E-state index in [0.717, 1.165) is 23.5 Å². The Kier molecular flexibility index (Phi) is 5.57. The lowest BCUT2D eigenvalue weighted by atomic mass is 10.0. The molecule has 174 valence electrons. The fourth-order valence-corrected chi connectivity index (χ4v) is 3.35. The highest BCUT2D eigenvalue weighted by Gasteiger charge is 2.34. The molecule has 0 saturated heterocycles. The third-order valence-electron chi connectivity index (χ3n) is 4.97. The number of ether oxygens (including phenoxy) is 1. The molecule has 5 rings (SSSR count). The number of hydrogen-bond donors (Lipinski definition) is 2. The smallest absolute Gasteiger partial charge is 0.451 e.